The summed E-state index contributed by atoms with van der Waals surface area (Å²) in [6.45, 7) is 6.88. The highest BCUT2D eigenvalue weighted by Crippen LogP contribution is 2.21. The molecule has 2 rings (SSSR count). The largest absolute Gasteiger partial charge is 0.368 e. The molecule has 0 aliphatic carbocycles. The highest BCUT2D eigenvalue weighted by molar-refractivity contribution is 6.29. The lowest BCUT2D eigenvalue weighted by Crippen LogP contribution is -2.42. The molecule has 1 aliphatic heterocycles. The van der Waals surface area contributed by atoms with Gasteiger partial charge in [-0.05, 0) is 19.9 Å². The molecule has 0 radical (unpaired) electrons. The summed E-state index contributed by atoms with van der Waals surface area (Å²) in [6, 6.07) is 2.19. The van der Waals surface area contributed by atoms with Crippen molar-refractivity contribution in [3.05, 3.63) is 23.2 Å². The molecular weight excluding hydrogens is 226 g/mol. The molecule has 1 aromatic rings. The lowest BCUT2D eigenvalue weighted by Gasteiger charge is -2.34. The molecule has 1 unspecified atom stereocenters. The van der Waals surface area contributed by atoms with E-state index < -0.39 is 0 Å². The number of morpholine rings is 1. The molecular formula is C11H16ClN3O. The third kappa shape index (κ3) is 2.70. The molecule has 0 amide bonds. The lowest BCUT2D eigenvalue weighted by atomic mass is 10.2. The molecule has 5 heteroatoms. The molecule has 88 valence electrons. The van der Waals surface area contributed by atoms with Crippen molar-refractivity contribution in [2.45, 2.75) is 26.0 Å². The number of halogens is 1. The first-order valence-corrected chi connectivity index (χ1v) is 5.88. The Labute approximate surface area is 101 Å². The van der Waals surface area contributed by atoms with Gasteiger partial charge in [-0.25, -0.2) is 9.97 Å². The Kier molecular flexibility index (Phi) is 3.74. The summed E-state index contributed by atoms with van der Waals surface area (Å²) in [7, 11) is 0. The molecule has 0 N–H and O–H groups in total. The molecule has 1 atom stereocenters. The van der Waals surface area contributed by atoms with E-state index in [0.29, 0.717) is 17.0 Å². The number of rotatable bonds is 2. The molecule has 4 nitrogen and oxygen atoms in total. The molecule has 2 heterocycles. The molecule has 0 saturated carbocycles. The zero-order valence-electron chi connectivity index (χ0n) is 9.56. The van der Waals surface area contributed by atoms with Gasteiger partial charge in [-0.2, -0.15) is 0 Å². The van der Waals surface area contributed by atoms with Gasteiger partial charge in [0.1, 0.15) is 11.3 Å². The number of ether oxygens (including phenoxy) is 1. The van der Waals surface area contributed by atoms with E-state index in [1.807, 2.05) is 0 Å². The van der Waals surface area contributed by atoms with E-state index in [0.717, 1.165) is 19.7 Å². The fourth-order valence-corrected chi connectivity index (χ4v) is 1.94. The Morgan fingerprint density at radius 2 is 2.38 bits per heavy atom. The van der Waals surface area contributed by atoms with Crippen LogP contribution in [0.25, 0.3) is 0 Å². The molecule has 1 saturated heterocycles. The molecule has 1 aliphatic rings. The normalized spacial score (nSPS) is 22.6. The smallest absolute Gasteiger partial charge is 0.160 e. The fourth-order valence-electron chi connectivity index (χ4n) is 1.80. The third-order valence-corrected chi connectivity index (χ3v) is 2.97. The van der Waals surface area contributed by atoms with E-state index >= 15 is 0 Å². The number of nitrogens with zero attached hydrogens (tertiary/aromatic N) is 3. The summed E-state index contributed by atoms with van der Waals surface area (Å²) >= 11 is 5.84. The predicted octanol–water partition coefficient (Wildman–Crippen LogP) is 1.91. The summed E-state index contributed by atoms with van der Waals surface area (Å²) in [5, 5.41) is 0.468. The van der Waals surface area contributed by atoms with E-state index in [4.69, 9.17) is 16.3 Å². The van der Waals surface area contributed by atoms with E-state index in [2.05, 4.69) is 28.7 Å². The molecule has 0 aromatic carbocycles. The maximum Gasteiger partial charge on any atom is 0.160 e. The summed E-state index contributed by atoms with van der Waals surface area (Å²) in [4.78, 5) is 10.8. The van der Waals surface area contributed by atoms with Gasteiger partial charge in [0.25, 0.3) is 0 Å². The molecule has 16 heavy (non-hydrogen) atoms. The van der Waals surface area contributed by atoms with E-state index in [9.17, 15) is 0 Å². The highest BCUT2D eigenvalue weighted by Gasteiger charge is 2.25. The van der Waals surface area contributed by atoms with Crippen LogP contribution in [-0.2, 0) is 4.74 Å². The predicted molar refractivity (Wildman–Crippen MR) is 62.4 cm³/mol. The number of aromatic nitrogens is 2. The zero-order chi connectivity index (χ0) is 11.5. The maximum atomic E-state index is 5.84. The van der Waals surface area contributed by atoms with Gasteiger partial charge in [-0.1, -0.05) is 11.6 Å². The molecule has 0 spiro atoms. The van der Waals surface area contributed by atoms with Crippen molar-refractivity contribution in [1.29, 1.82) is 0 Å². The van der Waals surface area contributed by atoms with Crippen molar-refractivity contribution in [3.8, 4) is 0 Å². The second-order valence-electron chi connectivity index (χ2n) is 4.19. The summed E-state index contributed by atoms with van der Waals surface area (Å²) in [5.41, 5.74) is 0. The van der Waals surface area contributed by atoms with Gasteiger partial charge < -0.3 is 4.74 Å². The third-order valence-electron chi connectivity index (χ3n) is 2.76. The number of hydrogen-bond acceptors (Lipinski definition) is 4. The average Bonchev–Trinajstić information content (AvgIpc) is 2.29. The van der Waals surface area contributed by atoms with Crippen LogP contribution < -0.4 is 0 Å². The van der Waals surface area contributed by atoms with Gasteiger partial charge in [0.05, 0.1) is 6.61 Å². The standard InChI is InChI=1S/C11H16ClN3O/c1-8(2)15-5-6-16-9(7-15)11-13-4-3-10(12)14-11/h3-4,8-9H,5-7H2,1-2H3. The Balaban J connectivity index is 2.09. The molecule has 1 fully saturated rings. The van der Waals surface area contributed by atoms with Gasteiger partial charge in [0.2, 0.25) is 0 Å². The van der Waals surface area contributed by atoms with Crippen LogP contribution in [0.3, 0.4) is 0 Å². The van der Waals surface area contributed by atoms with E-state index in [-0.39, 0.29) is 6.10 Å². The van der Waals surface area contributed by atoms with Crippen LogP contribution in [0.15, 0.2) is 12.3 Å². The SMILES string of the molecule is CC(C)N1CCOC(c2nccc(Cl)n2)C1. The molecule has 1 aromatic heterocycles. The van der Waals surface area contributed by atoms with E-state index in [1.54, 1.807) is 12.3 Å². The number of hydrogen-bond donors (Lipinski definition) is 0. The van der Waals surface area contributed by atoms with Crippen LogP contribution >= 0.6 is 11.6 Å². The van der Waals surface area contributed by atoms with Crippen molar-refractivity contribution in [2.75, 3.05) is 19.7 Å². The Bertz CT molecular complexity index is 359. The van der Waals surface area contributed by atoms with Gasteiger partial charge in [-0.15, -0.1) is 0 Å². The van der Waals surface area contributed by atoms with Crippen LogP contribution in [0.2, 0.25) is 5.15 Å². The van der Waals surface area contributed by atoms with Crippen molar-refractivity contribution in [1.82, 2.24) is 14.9 Å². The van der Waals surface area contributed by atoms with Gasteiger partial charge in [0, 0.05) is 25.3 Å². The monoisotopic (exact) mass is 241 g/mol. The van der Waals surface area contributed by atoms with Crippen LogP contribution in [0, 0.1) is 0 Å². The zero-order valence-corrected chi connectivity index (χ0v) is 10.3. The minimum absolute atomic E-state index is 0.0603. The fraction of sp³-hybridized carbons (Fsp3) is 0.636. The first kappa shape index (κ1) is 11.8. The van der Waals surface area contributed by atoms with Gasteiger partial charge in [0.15, 0.2) is 5.82 Å². The van der Waals surface area contributed by atoms with Crippen LogP contribution in [0.1, 0.15) is 25.8 Å². The highest BCUT2D eigenvalue weighted by atomic mass is 35.5. The summed E-state index contributed by atoms with van der Waals surface area (Å²) in [6.07, 6.45) is 1.61. The Morgan fingerprint density at radius 1 is 1.56 bits per heavy atom. The van der Waals surface area contributed by atoms with Gasteiger partial charge >= 0.3 is 0 Å². The second-order valence-corrected chi connectivity index (χ2v) is 4.57. The summed E-state index contributed by atoms with van der Waals surface area (Å²) in [5.74, 6) is 0.679. The van der Waals surface area contributed by atoms with Crippen molar-refractivity contribution >= 4 is 11.6 Å². The quantitative estimate of drug-likeness (QED) is 0.742. The first-order chi connectivity index (χ1) is 7.66. The minimum atomic E-state index is -0.0603. The van der Waals surface area contributed by atoms with Crippen molar-refractivity contribution in [2.24, 2.45) is 0 Å². The van der Waals surface area contributed by atoms with Crippen molar-refractivity contribution in [3.63, 3.8) is 0 Å². The van der Waals surface area contributed by atoms with Crippen LogP contribution in [-0.4, -0.2) is 40.6 Å². The van der Waals surface area contributed by atoms with Crippen LogP contribution in [0.5, 0.6) is 0 Å². The minimum Gasteiger partial charge on any atom is -0.368 e. The van der Waals surface area contributed by atoms with E-state index in [1.165, 1.54) is 0 Å². The Hall–Kier alpha value is -0.710. The molecule has 0 bridgehead atoms. The summed E-state index contributed by atoms with van der Waals surface area (Å²) < 4.78 is 5.67. The first-order valence-electron chi connectivity index (χ1n) is 5.51. The maximum absolute atomic E-state index is 5.84. The van der Waals surface area contributed by atoms with Crippen molar-refractivity contribution < 1.29 is 4.74 Å². The van der Waals surface area contributed by atoms with Gasteiger partial charge in [-0.3, -0.25) is 4.90 Å². The average molecular weight is 242 g/mol. The second kappa shape index (κ2) is 5.08. The Morgan fingerprint density at radius 3 is 3.06 bits per heavy atom. The topological polar surface area (TPSA) is 38.2 Å². The van der Waals surface area contributed by atoms with Crippen LogP contribution in [0.4, 0.5) is 0 Å². The lowest BCUT2D eigenvalue weighted by molar-refractivity contribution is -0.0442.